The first-order valence-corrected chi connectivity index (χ1v) is 11.7. The fourth-order valence-corrected chi connectivity index (χ4v) is 4.59. The summed E-state index contributed by atoms with van der Waals surface area (Å²) in [7, 11) is 3.14. The van der Waals surface area contributed by atoms with Gasteiger partial charge in [0.25, 0.3) is 0 Å². The summed E-state index contributed by atoms with van der Waals surface area (Å²) in [4.78, 5) is 13.8. The number of anilines is 1. The van der Waals surface area contributed by atoms with Gasteiger partial charge in [0, 0.05) is 40.9 Å². The number of methoxy groups -OCH3 is 2. The molecule has 0 spiro atoms. The Morgan fingerprint density at radius 2 is 1.78 bits per heavy atom. The molecule has 0 fully saturated rings. The van der Waals surface area contributed by atoms with Gasteiger partial charge in [0.15, 0.2) is 5.16 Å². The maximum Gasteiger partial charge on any atom is 0.234 e. The zero-order valence-electron chi connectivity index (χ0n) is 17.6. The fraction of sp³-hybridized carbons (Fsp3) is 0.174. The second kappa shape index (κ2) is 10.3. The Morgan fingerprint density at radius 3 is 2.44 bits per heavy atom. The highest BCUT2D eigenvalue weighted by Crippen LogP contribution is 2.27. The molecule has 0 unspecified atom stereocenters. The standard InChI is InChI=1S/C23H22N4O3S2/c1-29-18-11-16(12-19(13-18)30-2)24-22(28)15-32-23-26-25-21(14-20-9-6-10-31-20)27(23)17-7-4-3-5-8-17/h3-13H,14-15H2,1-2H3,(H,24,28). The second-order valence-electron chi connectivity index (χ2n) is 6.76. The van der Waals surface area contributed by atoms with Crippen LogP contribution in [0.5, 0.6) is 11.5 Å². The van der Waals surface area contributed by atoms with E-state index in [1.54, 1.807) is 43.8 Å². The molecule has 1 N–H and O–H groups in total. The molecule has 2 aromatic carbocycles. The van der Waals surface area contributed by atoms with E-state index in [-0.39, 0.29) is 11.7 Å². The third-order valence-corrected chi connectivity index (χ3v) is 6.40. The van der Waals surface area contributed by atoms with Crippen LogP contribution in [0.4, 0.5) is 5.69 Å². The normalized spacial score (nSPS) is 10.7. The number of thioether (sulfide) groups is 1. The van der Waals surface area contributed by atoms with Gasteiger partial charge in [-0.05, 0) is 23.6 Å². The lowest BCUT2D eigenvalue weighted by Gasteiger charge is -2.11. The van der Waals surface area contributed by atoms with E-state index in [4.69, 9.17) is 9.47 Å². The summed E-state index contributed by atoms with van der Waals surface area (Å²) in [5, 5.41) is 14.4. The van der Waals surface area contributed by atoms with Crippen LogP contribution in [-0.2, 0) is 11.2 Å². The quantitative estimate of drug-likeness (QED) is 0.361. The average Bonchev–Trinajstić information content (AvgIpc) is 3.48. The van der Waals surface area contributed by atoms with E-state index >= 15 is 0 Å². The first-order valence-electron chi connectivity index (χ1n) is 9.84. The molecule has 0 aliphatic heterocycles. The summed E-state index contributed by atoms with van der Waals surface area (Å²) in [6, 6.07) is 19.3. The minimum Gasteiger partial charge on any atom is -0.497 e. The first kappa shape index (κ1) is 21.9. The molecule has 0 atom stereocenters. The molecule has 0 bridgehead atoms. The number of para-hydroxylation sites is 1. The van der Waals surface area contributed by atoms with Crippen LogP contribution in [0.25, 0.3) is 5.69 Å². The molecule has 9 heteroatoms. The lowest BCUT2D eigenvalue weighted by Crippen LogP contribution is -2.15. The molecule has 4 aromatic rings. The van der Waals surface area contributed by atoms with Crippen molar-refractivity contribution in [2.45, 2.75) is 11.6 Å². The Kier molecular flexibility index (Phi) is 7.08. The van der Waals surface area contributed by atoms with E-state index < -0.39 is 0 Å². The Hall–Kier alpha value is -3.30. The van der Waals surface area contributed by atoms with Crippen molar-refractivity contribution in [3.05, 3.63) is 76.7 Å². The Balaban J connectivity index is 1.50. The Morgan fingerprint density at radius 1 is 1.03 bits per heavy atom. The summed E-state index contributed by atoms with van der Waals surface area (Å²) >= 11 is 3.02. The summed E-state index contributed by atoms with van der Waals surface area (Å²) in [6.45, 7) is 0. The highest BCUT2D eigenvalue weighted by Gasteiger charge is 2.17. The van der Waals surface area contributed by atoms with Crippen molar-refractivity contribution in [1.29, 1.82) is 0 Å². The van der Waals surface area contributed by atoms with Crippen molar-refractivity contribution in [3.8, 4) is 17.2 Å². The maximum absolute atomic E-state index is 12.6. The molecule has 0 saturated carbocycles. The number of hydrogen-bond acceptors (Lipinski definition) is 7. The molecule has 0 aliphatic rings. The first-order chi connectivity index (χ1) is 15.7. The van der Waals surface area contributed by atoms with E-state index in [0.29, 0.717) is 28.8 Å². The van der Waals surface area contributed by atoms with Crippen molar-refractivity contribution in [3.63, 3.8) is 0 Å². The predicted octanol–water partition coefficient (Wildman–Crippen LogP) is 4.67. The minimum absolute atomic E-state index is 0.160. The van der Waals surface area contributed by atoms with Crippen LogP contribution in [0.15, 0.2) is 71.2 Å². The highest BCUT2D eigenvalue weighted by molar-refractivity contribution is 7.99. The summed E-state index contributed by atoms with van der Waals surface area (Å²) in [5.41, 5.74) is 1.57. The maximum atomic E-state index is 12.6. The number of carbonyl (C=O) groups excluding carboxylic acids is 1. The number of ether oxygens (including phenoxy) is 2. The Bertz CT molecular complexity index is 1160. The van der Waals surface area contributed by atoms with Crippen LogP contribution in [0, 0.1) is 0 Å². The van der Waals surface area contributed by atoms with Crippen molar-refractivity contribution in [2.24, 2.45) is 0 Å². The van der Waals surface area contributed by atoms with Crippen LogP contribution in [0.2, 0.25) is 0 Å². The molecule has 0 saturated heterocycles. The topological polar surface area (TPSA) is 78.3 Å². The van der Waals surface area contributed by atoms with Gasteiger partial charge in [-0.15, -0.1) is 21.5 Å². The lowest BCUT2D eigenvalue weighted by atomic mass is 10.2. The molecule has 2 heterocycles. The molecule has 32 heavy (non-hydrogen) atoms. The third kappa shape index (κ3) is 5.30. The van der Waals surface area contributed by atoms with E-state index in [0.717, 1.165) is 11.5 Å². The van der Waals surface area contributed by atoms with E-state index in [1.165, 1.54) is 16.6 Å². The van der Waals surface area contributed by atoms with Crippen LogP contribution in [0.1, 0.15) is 10.7 Å². The van der Waals surface area contributed by atoms with Gasteiger partial charge >= 0.3 is 0 Å². The van der Waals surface area contributed by atoms with E-state index in [9.17, 15) is 4.79 Å². The van der Waals surface area contributed by atoms with Crippen molar-refractivity contribution in [2.75, 3.05) is 25.3 Å². The van der Waals surface area contributed by atoms with Gasteiger partial charge in [0.2, 0.25) is 5.91 Å². The summed E-state index contributed by atoms with van der Waals surface area (Å²) < 4.78 is 12.5. The van der Waals surface area contributed by atoms with Gasteiger partial charge in [-0.25, -0.2) is 0 Å². The molecule has 0 radical (unpaired) electrons. The van der Waals surface area contributed by atoms with Gasteiger partial charge in [-0.1, -0.05) is 36.0 Å². The second-order valence-corrected chi connectivity index (χ2v) is 8.74. The smallest absolute Gasteiger partial charge is 0.234 e. The number of rotatable bonds is 9. The van der Waals surface area contributed by atoms with Gasteiger partial charge in [0.05, 0.1) is 20.0 Å². The molecule has 7 nitrogen and oxygen atoms in total. The molecule has 2 aromatic heterocycles. The fourth-order valence-electron chi connectivity index (χ4n) is 3.12. The van der Waals surface area contributed by atoms with Gasteiger partial charge in [-0.2, -0.15) is 0 Å². The van der Waals surface area contributed by atoms with Gasteiger partial charge in [-0.3, -0.25) is 9.36 Å². The number of carbonyl (C=O) groups is 1. The van der Waals surface area contributed by atoms with Crippen molar-refractivity contribution < 1.29 is 14.3 Å². The summed E-state index contributed by atoms with van der Waals surface area (Å²) in [6.07, 6.45) is 0.677. The van der Waals surface area contributed by atoms with Gasteiger partial charge in [0.1, 0.15) is 17.3 Å². The number of nitrogens with zero attached hydrogens (tertiary/aromatic N) is 3. The molecular formula is C23H22N4O3S2. The van der Waals surface area contributed by atoms with Crippen molar-refractivity contribution >= 4 is 34.7 Å². The monoisotopic (exact) mass is 466 g/mol. The lowest BCUT2D eigenvalue weighted by molar-refractivity contribution is -0.113. The molecule has 1 amide bonds. The molecular weight excluding hydrogens is 444 g/mol. The van der Waals surface area contributed by atoms with Crippen LogP contribution in [-0.4, -0.2) is 40.6 Å². The van der Waals surface area contributed by atoms with Crippen molar-refractivity contribution in [1.82, 2.24) is 14.8 Å². The minimum atomic E-state index is -0.160. The van der Waals surface area contributed by atoms with Crippen LogP contribution >= 0.6 is 23.1 Å². The number of aromatic nitrogens is 3. The van der Waals surface area contributed by atoms with Crippen LogP contribution in [0.3, 0.4) is 0 Å². The SMILES string of the molecule is COc1cc(NC(=O)CSc2nnc(Cc3cccs3)n2-c2ccccc2)cc(OC)c1. The predicted molar refractivity (Wildman–Crippen MR) is 127 cm³/mol. The number of nitrogens with one attached hydrogen (secondary N) is 1. The average molecular weight is 467 g/mol. The number of hydrogen-bond donors (Lipinski definition) is 1. The number of amides is 1. The van der Waals surface area contributed by atoms with E-state index in [1.807, 2.05) is 46.3 Å². The largest absolute Gasteiger partial charge is 0.497 e. The molecule has 0 aliphatic carbocycles. The zero-order chi connectivity index (χ0) is 22.3. The van der Waals surface area contributed by atoms with Gasteiger partial charge < -0.3 is 14.8 Å². The third-order valence-electron chi connectivity index (χ3n) is 4.59. The zero-order valence-corrected chi connectivity index (χ0v) is 19.3. The van der Waals surface area contributed by atoms with Crippen LogP contribution < -0.4 is 14.8 Å². The highest BCUT2D eigenvalue weighted by atomic mass is 32.2. The van der Waals surface area contributed by atoms with E-state index in [2.05, 4.69) is 21.6 Å². The molecule has 4 rings (SSSR count). The number of benzene rings is 2. The Labute approximate surface area is 194 Å². The molecule has 164 valence electrons. The number of thiophene rings is 1. The summed E-state index contributed by atoms with van der Waals surface area (Å²) in [5.74, 6) is 2.07.